The Morgan fingerprint density at radius 3 is 2.38 bits per heavy atom. The number of nitrogens with one attached hydrogen (secondary N) is 2. The fourth-order valence-electron chi connectivity index (χ4n) is 2.13. The summed E-state index contributed by atoms with van der Waals surface area (Å²) in [6.07, 6.45) is 1.74. The van der Waals surface area contributed by atoms with E-state index in [1.807, 2.05) is 18.2 Å². The van der Waals surface area contributed by atoms with Gasteiger partial charge in [0.1, 0.15) is 0 Å². The van der Waals surface area contributed by atoms with E-state index < -0.39 is 0 Å². The minimum atomic E-state index is -0.368. The van der Waals surface area contributed by atoms with Crippen LogP contribution in [0.25, 0.3) is 0 Å². The van der Waals surface area contributed by atoms with Crippen molar-refractivity contribution in [2.45, 2.75) is 12.8 Å². The van der Waals surface area contributed by atoms with Gasteiger partial charge in [0.2, 0.25) is 5.91 Å². The van der Waals surface area contributed by atoms with Crippen molar-refractivity contribution >= 4 is 35.0 Å². The Hall–Kier alpha value is -2.04. The van der Waals surface area contributed by atoms with Crippen molar-refractivity contribution in [3.63, 3.8) is 0 Å². The molecule has 2 rings (SSSR count). The number of benzene rings is 2. The van der Waals surface area contributed by atoms with Crippen LogP contribution in [-0.4, -0.2) is 24.9 Å². The third kappa shape index (κ3) is 5.87. The lowest BCUT2D eigenvalue weighted by molar-refractivity contribution is -0.120. The van der Waals surface area contributed by atoms with Crippen molar-refractivity contribution in [1.29, 1.82) is 0 Å². The number of aryl methyl sites for hydroxylation is 1. The molecule has 0 aliphatic carbocycles. The molecule has 126 valence electrons. The predicted molar refractivity (Wildman–Crippen MR) is 96.6 cm³/mol. The summed E-state index contributed by atoms with van der Waals surface area (Å²) in [6, 6.07) is 14.6. The SMILES string of the molecule is O=C(CNC(=O)c1ccc(Cl)c(Cl)c1)NCCCc1ccccc1. The molecule has 0 bridgehead atoms. The van der Waals surface area contributed by atoms with Crippen LogP contribution >= 0.6 is 23.2 Å². The zero-order valence-electron chi connectivity index (χ0n) is 13.0. The van der Waals surface area contributed by atoms with Gasteiger partial charge in [-0.1, -0.05) is 53.5 Å². The summed E-state index contributed by atoms with van der Waals surface area (Å²) in [7, 11) is 0. The van der Waals surface area contributed by atoms with Crippen LogP contribution in [0.1, 0.15) is 22.3 Å². The smallest absolute Gasteiger partial charge is 0.251 e. The third-order valence-corrected chi connectivity index (χ3v) is 4.14. The Morgan fingerprint density at radius 1 is 0.917 bits per heavy atom. The van der Waals surface area contributed by atoms with E-state index in [1.54, 1.807) is 12.1 Å². The normalized spacial score (nSPS) is 10.2. The molecule has 0 unspecified atom stereocenters. The summed E-state index contributed by atoms with van der Waals surface area (Å²) in [4.78, 5) is 23.7. The van der Waals surface area contributed by atoms with Crippen LogP contribution in [0.2, 0.25) is 10.0 Å². The molecule has 0 saturated heterocycles. The highest BCUT2D eigenvalue weighted by Gasteiger charge is 2.09. The molecule has 0 atom stereocenters. The molecule has 2 aromatic rings. The summed E-state index contributed by atoms with van der Waals surface area (Å²) in [5.41, 5.74) is 1.60. The number of amides is 2. The number of hydrogen-bond acceptors (Lipinski definition) is 2. The standard InChI is InChI=1S/C18H18Cl2N2O2/c19-15-9-8-14(11-16(15)20)18(24)22-12-17(23)21-10-4-7-13-5-2-1-3-6-13/h1-3,5-6,8-9,11H,4,7,10,12H2,(H,21,23)(H,22,24). The molecule has 0 aliphatic rings. The number of carbonyl (C=O) groups is 2. The fraction of sp³-hybridized carbons (Fsp3) is 0.222. The van der Waals surface area contributed by atoms with Gasteiger partial charge in [-0.3, -0.25) is 9.59 Å². The Morgan fingerprint density at radius 2 is 1.67 bits per heavy atom. The lowest BCUT2D eigenvalue weighted by Crippen LogP contribution is -2.37. The second-order valence-electron chi connectivity index (χ2n) is 5.25. The van der Waals surface area contributed by atoms with Gasteiger partial charge in [-0.2, -0.15) is 0 Å². The van der Waals surface area contributed by atoms with Crippen molar-refractivity contribution in [2.75, 3.05) is 13.1 Å². The van der Waals surface area contributed by atoms with Crippen molar-refractivity contribution in [3.05, 3.63) is 69.7 Å². The van der Waals surface area contributed by atoms with E-state index in [0.717, 1.165) is 12.8 Å². The van der Waals surface area contributed by atoms with E-state index in [2.05, 4.69) is 22.8 Å². The van der Waals surface area contributed by atoms with Crippen LogP contribution in [0, 0.1) is 0 Å². The molecule has 0 radical (unpaired) electrons. The molecule has 0 spiro atoms. The van der Waals surface area contributed by atoms with Crippen LogP contribution in [0.3, 0.4) is 0 Å². The minimum absolute atomic E-state index is 0.0790. The molecule has 0 saturated carbocycles. The maximum absolute atomic E-state index is 11.9. The summed E-state index contributed by atoms with van der Waals surface area (Å²) in [5, 5.41) is 6.01. The first-order valence-electron chi connectivity index (χ1n) is 7.60. The van der Waals surface area contributed by atoms with Crippen LogP contribution in [0.5, 0.6) is 0 Å². The molecule has 2 aromatic carbocycles. The number of hydrogen-bond donors (Lipinski definition) is 2. The number of carbonyl (C=O) groups excluding carboxylic acids is 2. The highest BCUT2D eigenvalue weighted by atomic mass is 35.5. The van der Waals surface area contributed by atoms with Crippen LogP contribution in [-0.2, 0) is 11.2 Å². The molecule has 0 aromatic heterocycles. The Balaban J connectivity index is 1.67. The highest BCUT2D eigenvalue weighted by Crippen LogP contribution is 2.22. The summed E-state index contributed by atoms with van der Waals surface area (Å²) in [5.74, 6) is -0.593. The second kappa shape index (κ2) is 9.30. The molecular formula is C18H18Cl2N2O2. The predicted octanol–water partition coefficient (Wildman–Crippen LogP) is 3.47. The Bertz CT molecular complexity index is 705. The summed E-state index contributed by atoms with van der Waals surface area (Å²) in [6.45, 7) is 0.487. The monoisotopic (exact) mass is 364 g/mol. The number of halogens is 2. The van der Waals surface area contributed by atoms with E-state index in [-0.39, 0.29) is 18.4 Å². The first-order chi connectivity index (χ1) is 11.6. The van der Waals surface area contributed by atoms with Gasteiger partial charge in [0, 0.05) is 12.1 Å². The van der Waals surface area contributed by atoms with Crippen LogP contribution in [0.15, 0.2) is 48.5 Å². The van der Waals surface area contributed by atoms with Crippen molar-refractivity contribution < 1.29 is 9.59 Å². The quantitative estimate of drug-likeness (QED) is 0.739. The lowest BCUT2D eigenvalue weighted by Gasteiger charge is -2.08. The lowest BCUT2D eigenvalue weighted by atomic mass is 10.1. The van der Waals surface area contributed by atoms with Crippen LogP contribution in [0.4, 0.5) is 0 Å². The average molecular weight is 365 g/mol. The summed E-state index contributed by atoms with van der Waals surface area (Å²) < 4.78 is 0. The van der Waals surface area contributed by atoms with Gasteiger partial charge in [-0.05, 0) is 36.6 Å². The zero-order chi connectivity index (χ0) is 17.4. The topological polar surface area (TPSA) is 58.2 Å². The van der Waals surface area contributed by atoms with Gasteiger partial charge in [0.25, 0.3) is 5.91 Å². The van der Waals surface area contributed by atoms with Gasteiger partial charge in [-0.25, -0.2) is 0 Å². The van der Waals surface area contributed by atoms with Gasteiger partial charge in [-0.15, -0.1) is 0 Å². The van der Waals surface area contributed by atoms with Gasteiger partial charge >= 0.3 is 0 Å². The molecule has 2 amide bonds. The molecule has 0 heterocycles. The van der Waals surface area contributed by atoms with E-state index in [0.29, 0.717) is 22.2 Å². The van der Waals surface area contributed by atoms with E-state index in [1.165, 1.54) is 11.6 Å². The van der Waals surface area contributed by atoms with Gasteiger partial charge in [0.15, 0.2) is 0 Å². The summed E-state index contributed by atoms with van der Waals surface area (Å²) >= 11 is 11.7. The Kier molecular flexibility index (Phi) is 7.09. The highest BCUT2D eigenvalue weighted by molar-refractivity contribution is 6.42. The largest absolute Gasteiger partial charge is 0.355 e. The number of rotatable bonds is 7. The minimum Gasteiger partial charge on any atom is -0.355 e. The molecule has 2 N–H and O–H groups in total. The molecule has 6 heteroatoms. The van der Waals surface area contributed by atoms with Crippen molar-refractivity contribution in [2.24, 2.45) is 0 Å². The fourth-order valence-corrected chi connectivity index (χ4v) is 2.43. The van der Waals surface area contributed by atoms with Crippen molar-refractivity contribution in [3.8, 4) is 0 Å². The zero-order valence-corrected chi connectivity index (χ0v) is 14.5. The molecule has 24 heavy (non-hydrogen) atoms. The maximum atomic E-state index is 11.9. The van der Waals surface area contributed by atoms with Gasteiger partial charge < -0.3 is 10.6 Å². The van der Waals surface area contributed by atoms with Crippen LogP contribution < -0.4 is 10.6 Å². The Labute approximate surface area is 151 Å². The van der Waals surface area contributed by atoms with Gasteiger partial charge in [0.05, 0.1) is 16.6 Å². The molecule has 0 aliphatic heterocycles. The van der Waals surface area contributed by atoms with Crippen molar-refractivity contribution in [1.82, 2.24) is 10.6 Å². The average Bonchev–Trinajstić information content (AvgIpc) is 2.60. The first-order valence-corrected chi connectivity index (χ1v) is 8.36. The maximum Gasteiger partial charge on any atom is 0.251 e. The molecular weight excluding hydrogens is 347 g/mol. The van der Waals surface area contributed by atoms with E-state index in [9.17, 15) is 9.59 Å². The molecule has 4 nitrogen and oxygen atoms in total. The first kappa shape index (κ1) is 18.3. The van der Waals surface area contributed by atoms with E-state index in [4.69, 9.17) is 23.2 Å². The third-order valence-electron chi connectivity index (χ3n) is 3.40. The van der Waals surface area contributed by atoms with E-state index >= 15 is 0 Å². The second-order valence-corrected chi connectivity index (χ2v) is 6.07. The molecule has 0 fully saturated rings.